The van der Waals surface area contributed by atoms with Crippen LogP contribution in [0.25, 0.3) is 0 Å². The van der Waals surface area contributed by atoms with E-state index in [9.17, 15) is 9.59 Å². The summed E-state index contributed by atoms with van der Waals surface area (Å²) >= 11 is 5.94. The first-order chi connectivity index (χ1) is 12.6. The van der Waals surface area contributed by atoms with E-state index in [1.807, 2.05) is 49.5 Å². The van der Waals surface area contributed by atoms with Gasteiger partial charge in [0.1, 0.15) is 0 Å². The summed E-state index contributed by atoms with van der Waals surface area (Å²) in [6, 6.07) is 13.2. The Hall–Kier alpha value is -2.08. The normalized spacial score (nSPS) is 13.0. The maximum absolute atomic E-state index is 12.4. The first kappa shape index (κ1) is 21.2. The number of carbonyl (C=O) groups excluding carboxylic acids is 2. The third-order valence-electron chi connectivity index (χ3n) is 4.42. The number of carbonyl (C=O) groups is 2. The predicted octanol–water partition coefficient (Wildman–Crippen LogP) is 3.79. The van der Waals surface area contributed by atoms with Gasteiger partial charge in [-0.3, -0.25) is 9.59 Å². The molecule has 0 atom stereocenters. The number of fused-ring (bicyclic) bond motifs is 1. The predicted molar refractivity (Wildman–Crippen MR) is 112 cm³/mol. The van der Waals surface area contributed by atoms with E-state index in [0.29, 0.717) is 37.4 Å². The molecular weight excluding hydrogens is 385 g/mol. The fourth-order valence-corrected chi connectivity index (χ4v) is 3.17. The van der Waals surface area contributed by atoms with Crippen LogP contribution in [0.4, 0.5) is 11.4 Å². The number of nitrogens with zero attached hydrogens (tertiary/aromatic N) is 1. The van der Waals surface area contributed by atoms with Crippen molar-refractivity contribution in [3.05, 3.63) is 58.6 Å². The summed E-state index contributed by atoms with van der Waals surface area (Å²) in [5.41, 5.74) is 3.78. The molecule has 2 amide bonds. The summed E-state index contributed by atoms with van der Waals surface area (Å²) < 4.78 is 0. The Bertz CT molecular complexity index is 809. The average Bonchev–Trinajstić information content (AvgIpc) is 2.64. The van der Waals surface area contributed by atoms with E-state index in [-0.39, 0.29) is 24.2 Å². The number of hydrogen-bond donors (Lipinski definition) is 2. The Labute approximate surface area is 170 Å². The van der Waals surface area contributed by atoms with Crippen LogP contribution in [0, 0.1) is 0 Å². The number of rotatable bonds is 6. The van der Waals surface area contributed by atoms with Crippen LogP contribution in [-0.4, -0.2) is 25.4 Å². The smallest absolute Gasteiger partial charge is 0.227 e. The number of amides is 2. The molecule has 0 saturated carbocycles. The van der Waals surface area contributed by atoms with Crippen molar-refractivity contribution in [2.75, 3.05) is 23.8 Å². The standard InChI is InChI=1S/C20H22ClN3O2.ClH/c1-22-11-10-19(25)23-17-7-8-18-15(12-17)4-9-20(26)24(18)13-14-2-5-16(21)6-3-14;/h2-3,5-8,12,22H,4,9-11,13H2,1H3,(H,23,25);1H. The quantitative estimate of drug-likeness (QED) is 0.765. The van der Waals surface area contributed by atoms with Crippen LogP contribution in [0.2, 0.25) is 5.02 Å². The molecule has 0 saturated heterocycles. The molecule has 1 heterocycles. The SMILES string of the molecule is CNCCC(=O)Nc1ccc2c(c1)CCC(=O)N2Cc1ccc(Cl)cc1.Cl. The minimum absolute atomic E-state index is 0. The van der Waals surface area contributed by atoms with E-state index in [1.54, 1.807) is 4.90 Å². The van der Waals surface area contributed by atoms with Crippen molar-refractivity contribution in [3.8, 4) is 0 Å². The number of halogens is 2. The first-order valence-electron chi connectivity index (χ1n) is 8.69. The molecule has 5 nitrogen and oxygen atoms in total. The highest BCUT2D eigenvalue weighted by Gasteiger charge is 2.24. The van der Waals surface area contributed by atoms with Gasteiger partial charge in [0.25, 0.3) is 0 Å². The molecule has 2 aromatic carbocycles. The lowest BCUT2D eigenvalue weighted by Gasteiger charge is -2.30. The Morgan fingerprint density at radius 1 is 1.15 bits per heavy atom. The number of aryl methyl sites for hydroxylation is 1. The van der Waals surface area contributed by atoms with Gasteiger partial charge < -0.3 is 15.5 Å². The van der Waals surface area contributed by atoms with Gasteiger partial charge in [-0.15, -0.1) is 12.4 Å². The summed E-state index contributed by atoms with van der Waals surface area (Å²) in [5.74, 6) is 0.0856. The second-order valence-corrected chi connectivity index (χ2v) is 6.79. The van der Waals surface area contributed by atoms with E-state index in [0.717, 1.165) is 22.5 Å². The number of benzene rings is 2. The highest BCUT2D eigenvalue weighted by atomic mass is 35.5. The highest BCUT2D eigenvalue weighted by molar-refractivity contribution is 6.30. The molecule has 0 spiro atoms. The number of nitrogens with one attached hydrogen (secondary N) is 2. The Kier molecular flexibility index (Phi) is 7.66. The lowest BCUT2D eigenvalue weighted by molar-refractivity contribution is -0.119. The largest absolute Gasteiger partial charge is 0.326 e. The molecule has 1 aliphatic rings. The summed E-state index contributed by atoms with van der Waals surface area (Å²) in [6.07, 6.45) is 1.58. The van der Waals surface area contributed by atoms with Gasteiger partial charge in [-0.1, -0.05) is 23.7 Å². The third kappa shape index (κ3) is 5.45. The van der Waals surface area contributed by atoms with Crippen LogP contribution in [0.1, 0.15) is 24.0 Å². The fraction of sp³-hybridized carbons (Fsp3) is 0.300. The van der Waals surface area contributed by atoms with Gasteiger partial charge >= 0.3 is 0 Å². The van der Waals surface area contributed by atoms with Crippen LogP contribution in [-0.2, 0) is 22.6 Å². The number of hydrogen-bond acceptors (Lipinski definition) is 3. The molecule has 27 heavy (non-hydrogen) atoms. The van der Waals surface area contributed by atoms with Crippen LogP contribution < -0.4 is 15.5 Å². The summed E-state index contributed by atoms with van der Waals surface area (Å²) in [4.78, 5) is 26.1. The molecule has 7 heteroatoms. The molecule has 144 valence electrons. The second kappa shape index (κ2) is 9.74. The molecule has 1 aliphatic heterocycles. The second-order valence-electron chi connectivity index (χ2n) is 6.35. The van der Waals surface area contributed by atoms with Crippen molar-refractivity contribution in [3.63, 3.8) is 0 Å². The van der Waals surface area contributed by atoms with Crippen LogP contribution in [0.3, 0.4) is 0 Å². The lowest BCUT2D eigenvalue weighted by Crippen LogP contribution is -2.34. The fourth-order valence-electron chi connectivity index (χ4n) is 3.05. The van der Waals surface area contributed by atoms with Crippen molar-refractivity contribution in [2.45, 2.75) is 25.8 Å². The molecule has 0 unspecified atom stereocenters. The monoisotopic (exact) mass is 407 g/mol. The Balaban J connectivity index is 0.00000261. The van der Waals surface area contributed by atoms with E-state index < -0.39 is 0 Å². The van der Waals surface area contributed by atoms with Crippen molar-refractivity contribution in [2.24, 2.45) is 0 Å². The van der Waals surface area contributed by atoms with Crippen LogP contribution in [0.5, 0.6) is 0 Å². The molecular formula is C20H23Cl2N3O2. The molecule has 0 fully saturated rings. The lowest BCUT2D eigenvalue weighted by atomic mass is 9.99. The summed E-state index contributed by atoms with van der Waals surface area (Å²) in [6.45, 7) is 1.15. The highest BCUT2D eigenvalue weighted by Crippen LogP contribution is 2.31. The van der Waals surface area contributed by atoms with Crippen molar-refractivity contribution >= 4 is 47.2 Å². The zero-order valence-electron chi connectivity index (χ0n) is 15.1. The van der Waals surface area contributed by atoms with Gasteiger partial charge in [-0.2, -0.15) is 0 Å². The van der Waals surface area contributed by atoms with E-state index in [1.165, 1.54) is 0 Å². The molecule has 2 aromatic rings. The van der Waals surface area contributed by atoms with E-state index in [4.69, 9.17) is 11.6 Å². The van der Waals surface area contributed by atoms with Crippen molar-refractivity contribution < 1.29 is 9.59 Å². The van der Waals surface area contributed by atoms with Crippen LogP contribution in [0.15, 0.2) is 42.5 Å². The minimum Gasteiger partial charge on any atom is -0.326 e. The Morgan fingerprint density at radius 3 is 2.59 bits per heavy atom. The number of anilines is 2. The van der Waals surface area contributed by atoms with Crippen molar-refractivity contribution in [1.29, 1.82) is 0 Å². The van der Waals surface area contributed by atoms with Gasteiger partial charge in [0.2, 0.25) is 11.8 Å². The van der Waals surface area contributed by atoms with Gasteiger partial charge in [0.15, 0.2) is 0 Å². The molecule has 0 bridgehead atoms. The van der Waals surface area contributed by atoms with Gasteiger partial charge in [0.05, 0.1) is 6.54 Å². The first-order valence-corrected chi connectivity index (χ1v) is 9.07. The third-order valence-corrected chi connectivity index (χ3v) is 4.67. The average molecular weight is 408 g/mol. The molecule has 0 radical (unpaired) electrons. The Morgan fingerprint density at radius 2 is 1.89 bits per heavy atom. The zero-order chi connectivity index (χ0) is 18.5. The molecule has 2 N–H and O–H groups in total. The maximum Gasteiger partial charge on any atom is 0.227 e. The molecule has 3 rings (SSSR count). The van der Waals surface area contributed by atoms with Crippen LogP contribution >= 0.6 is 24.0 Å². The molecule has 0 aromatic heterocycles. The van der Waals surface area contributed by atoms with Gasteiger partial charge in [0, 0.05) is 35.8 Å². The van der Waals surface area contributed by atoms with Gasteiger partial charge in [-0.25, -0.2) is 0 Å². The maximum atomic E-state index is 12.4. The molecule has 0 aliphatic carbocycles. The van der Waals surface area contributed by atoms with E-state index in [2.05, 4.69) is 10.6 Å². The minimum atomic E-state index is -0.0239. The van der Waals surface area contributed by atoms with E-state index >= 15 is 0 Å². The van der Waals surface area contributed by atoms with Crippen molar-refractivity contribution in [1.82, 2.24) is 5.32 Å². The topological polar surface area (TPSA) is 61.4 Å². The summed E-state index contributed by atoms with van der Waals surface area (Å²) in [7, 11) is 1.82. The zero-order valence-corrected chi connectivity index (χ0v) is 16.7. The van der Waals surface area contributed by atoms with Gasteiger partial charge in [-0.05, 0) is 54.9 Å². The summed E-state index contributed by atoms with van der Waals surface area (Å²) in [5, 5.41) is 6.55.